The van der Waals surface area contributed by atoms with Gasteiger partial charge in [0.05, 0.1) is 10.5 Å². The normalized spacial score (nSPS) is 12.1. The van der Waals surface area contributed by atoms with Crippen LogP contribution in [0.3, 0.4) is 0 Å². The van der Waals surface area contributed by atoms with E-state index >= 15 is 0 Å². The summed E-state index contributed by atoms with van der Waals surface area (Å²) in [4.78, 5) is 11.2. The van der Waals surface area contributed by atoms with Crippen LogP contribution in [0.5, 0.6) is 0 Å². The Morgan fingerprint density at radius 2 is 1.90 bits per heavy atom. The minimum atomic E-state index is -3.69. The number of carbonyl (C=O) groups is 1. The van der Waals surface area contributed by atoms with Gasteiger partial charge in [-0.15, -0.1) is 0 Å². The standard InChI is InChI=1S/C15H23NO4S/c1-5-9-16(11(3)4)21(19,20)14-10-13(15(17)18)8-7-12(14)6-2/h7-8,10-11H,5-6,9H2,1-4H3,(H,17,18). The number of sulfonamides is 1. The van der Waals surface area contributed by atoms with E-state index < -0.39 is 16.0 Å². The summed E-state index contributed by atoms with van der Waals surface area (Å²) in [5, 5.41) is 9.08. The average molecular weight is 313 g/mol. The lowest BCUT2D eigenvalue weighted by atomic mass is 10.1. The van der Waals surface area contributed by atoms with Crippen LogP contribution in [0.25, 0.3) is 0 Å². The molecule has 1 aromatic rings. The van der Waals surface area contributed by atoms with Crippen molar-refractivity contribution >= 4 is 16.0 Å². The van der Waals surface area contributed by atoms with E-state index in [0.29, 0.717) is 24.9 Å². The van der Waals surface area contributed by atoms with Gasteiger partial charge in [0.2, 0.25) is 10.0 Å². The Balaban J connectivity index is 3.47. The summed E-state index contributed by atoms with van der Waals surface area (Å²) in [6.45, 7) is 7.83. The third-order valence-electron chi connectivity index (χ3n) is 3.30. The molecule has 21 heavy (non-hydrogen) atoms. The summed E-state index contributed by atoms with van der Waals surface area (Å²) >= 11 is 0. The summed E-state index contributed by atoms with van der Waals surface area (Å²) in [7, 11) is -3.69. The molecular weight excluding hydrogens is 290 g/mol. The Labute approximate surface area is 126 Å². The van der Waals surface area contributed by atoms with Crippen molar-refractivity contribution in [2.24, 2.45) is 0 Å². The lowest BCUT2D eigenvalue weighted by molar-refractivity contribution is 0.0696. The zero-order valence-electron chi connectivity index (χ0n) is 13.0. The van der Waals surface area contributed by atoms with Crippen LogP contribution in [-0.2, 0) is 16.4 Å². The van der Waals surface area contributed by atoms with Gasteiger partial charge in [0.1, 0.15) is 0 Å². The fraction of sp³-hybridized carbons (Fsp3) is 0.533. The Kier molecular flexibility index (Phi) is 5.92. The second-order valence-corrected chi connectivity index (χ2v) is 7.05. The fourth-order valence-corrected chi connectivity index (χ4v) is 4.27. The zero-order valence-corrected chi connectivity index (χ0v) is 13.8. The van der Waals surface area contributed by atoms with Crippen LogP contribution in [0.4, 0.5) is 0 Å². The lowest BCUT2D eigenvalue weighted by Crippen LogP contribution is -2.38. The SMILES string of the molecule is CCCN(C(C)C)S(=O)(=O)c1cc(C(=O)O)ccc1CC. The average Bonchev–Trinajstić information content (AvgIpc) is 2.43. The first-order valence-electron chi connectivity index (χ1n) is 7.13. The number of aromatic carboxylic acids is 1. The molecule has 1 rings (SSSR count). The van der Waals surface area contributed by atoms with E-state index in [1.54, 1.807) is 6.07 Å². The minimum absolute atomic E-state index is 0.00835. The molecular formula is C15H23NO4S. The number of rotatable bonds is 7. The van der Waals surface area contributed by atoms with E-state index in [4.69, 9.17) is 5.11 Å². The number of hydrogen-bond acceptors (Lipinski definition) is 3. The van der Waals surface area contributed by atoms with Crippen molar-refractivity contribution < 1.29 is 18.3 Å². The van der Waals surface area contributed by atoms with Crippen LogP contribution in [0, 0.1) is 0 Å². The van der Waals surface area contributed by atoms with Gasteiger partial charge in [0.25, 0.3) is 0 Å². The molecule has 0 fully saturated rings. The van der Waals surface area contributed by atoms with E-state index in [-0.39, 0.29) is 16.5 Å². The smallest absolute Gasteiger partial charge is 0.335 e. The second kappa shape index (κ2) is 7.04. The summed E-state index contributed by atoms with van der Waals surface area (Å²) in [6, 6.07) is 4.12. The van der Waals surface area contributed by atoms with Gasteiger partial charge in [-0.25, -0.2) is 13.2 Å². The van der Waals surface area contributed by atoms with Crippen LogP contribution in [0.1, 0.15) is 50.0 Å². The van der Waals surface area contributed by atoms with Gasteiger partial charge in [-0.05, 0) is 44.4 Å². The molecule has 0 saturated carbocycles. The minimum Gasteiger partial charge on any atom is -0.478 e. The van der Waals surface area contributed by atoms with Crippen LogP contribution in [0.15, 0.2) is 23.1 Å². The first-order valence-corrected chi connectivity index (χ1v) is 8.57. The van der Waals surface area contributed by atoms with Crippen molar-refractivity contribution in [3.05, 3.63) is 29.3 Å². The highest BCUT2D eigenvalue weighted by molar-refractivity contribution is 7.89. The summed E-state index contributed by atoms with van der Waals surface area (Å²) in [5.74, 6) is -1.12. The quantitative estimate of drug-likeness (QED) is 0.840. The molecule has 0 unspecified atom stereocenters. The second-order valence-electron chi connectivity index (χ2n) is 5.19. The highest BCUT2D eigenvalue weighted by Crippen LogP contribution is 2.24. The molecule has 6 heteroatoms. The first kappa shape index (κ1) is 17.7. The van der Waals surface area contributed by atoms with Gasteiger partial charge >= 0.3 is 5.97 Å². The molecule has 0 radical (unpaired) electrons. The summed E-state index contributed by atoms with van der Waals surface area (Å²) in [5.41, 5.74) is 0.632. The number of carboxylic acid groups (broad SMARTS) is 1. The Morgan fingerprint density at radius 3 is 2.33 bits per heavy atom. The molecule has 1 aromatic carbocycles. The van der Waals surface area contributed by atoms with Crippen LogP contribution in [-0.4, -0.2) is 36.4 Å². The fourth-order valence-electron chi connectivity index (χ4n) is 2.22. The van der Waals surface area contributed by atoms with Gasteiger partial charge in [-0.1, -0.05) is 19.9 Å². The van der Waals surface area contributed by atoms with Crippen LogP contribution >= 0.6 is 0 Å². The number of benzene rings is 1. The topological polar surface area (TPSA) is 74.7 Å². The molecule has 0 spiro atoms. The molecule has 0 bridgehead atoms. The predicted octanol–water partition coefficient (Wildman–Crippen LogP) is 2.76. The number of carboxylic acids is 1. The monoisotopic (exact) mass is 313 g/mol. The maximum Gasteiger partial charge on any atom is 0.335 e. The van der Waals surface area contributed by atoms with Gasteiger partial charge in [-0.2, -0.15) is 4.31 Å². The molecule has 118 valence electrons. The Hall–Kier alpha value is -1.40. The van der Waals surface area contributed by atoms with E-state index in [1.165, 1.54) is 16.4 Å². The molecule has 0 aliphatic carbocycles. The van der Waals surface area contributed by atoms with Gasteiger partial charge in [-0.3, -0.25) is 0 Å². The number of aryl methyl sites for hydroxylation is 1. The maximum absolute atomic E-state index is 12.9. The van der Waals surface area contributed by atoms with E-state index in [9.17, 15) is 13.2 Å². The largest absolute Gasteiger partial charge is 0.478 e. The first-order chi connectivity index (χ1) is 9.75. The number of hydrogen-bond donors (Lipinski definition) is 1. The highest BCUT2D eigenvalue weighted by atomic mass is 32.2. The summed E-state index contributed by atoms with van der Waals surface area (Å²) < 4.78 is 27.1. The molecule has 5 nitrogen and oxygen atoms in total. The van der Waals surface area contributed by atoms with Crippen molar-refractivity contribution in [2.45, 2.75) is 51.5 Å². The molecule has 0 atom stereocenters. The predicted molar refractivity (Wildman–Crippen MR) is 82.1 cm³/mol. The van der Waals surface area contributed by atoms with Gasteiger partial charge in [0, 0.05) is 12.6 Å². The molecule has 0 aromatic heterocycles. The maximum atomic E-state index is 12.9. The zero-order chi connectivity index (χ0) is 16.2. The molecule has 0 aliphatic heterocycles. The van der Waals surface area contributed by atoms with Crippen molar-refractivity contribution in [3.63, 3.8) is 0 Å². The Morgan fingerprint density at radius 1 is 1.29 bits per heavy atom. The van der Waals surface area contributed by atoms with Crippen molar-refractivity contribution in [3.8, 4) is 0 Å². The Bertz CT molecular complexity index is 608. The molecule has 1 N–H and O–H groups in total. The molecule has 0 saturated heterocycles. The highest BCUT2D eigenvalue weighted by Gasteiger charge is 2.28. The molecule has 0 aliphatic rings. The van der Waals surface area contributed by atoms with E-state index in [2.05, 4.69) is 0 Å². The van der Waals surface area contributed by atoms with Crippen LogP contribution in [0.2, 0.25) is 0 Å². The van der Waals surface area contributed by atoms with E-state index in [1.807, 2.05) is 27.7 Å². The summed E-state index contributed by atoms with van der Waals surface area (Å²) in [6.07, 6.45) is 1.24. The van der Waals surface area contributed by atoms with Crippen molar-refractivity contribution in [1.29, 1.82) is 0 Å². The molecule has 0 heterocycles. The lowest BCUT2D eigenvalue weighted by Gasteiger charge is -2.26. The third kappa shape index (κ3) is 3.83. The van der Waals surface area contributed by atoms with Gasteiger partial charge in [0.15, 0.2) is 0 Å². The molecule has 0 amide bonds. The van der Waals surface area contributed by atoms with E-state index in [0.717, 1.165) is 0 Å². The van der Waals surface area contributed by atoms with Gasteiger partial charge < -0.3 is 5.11 Å². The van der Waals surface area contributed by atoms with Crippen LogP contribution < -0.4 is 0 Å². The van der Waals surface area contributed by atoms with Crippen molar-refractivity contribution in [1.82, 2.24) is 4.31 Å². The number of nitrogens with zero attached hydrogens (tertiary/aromatic N) is 1. The van der Waals surface area contributed by atoms with Crippen molar-refractivity contribution in [2.75, 3.05) is 6.54 Å². The third-order valence-corrected chi connectivity index (χ3v) is 5.46.